The molecule has 11 heteroatoms. The molecule has 0 fully saturated rings. The van der Waals surface area contributed by atoms with Crippen molar-refractivity contribution in [1.82, 2.24) is 9.47 Å². The van der Waals surface area contributed by atoms with Gasteiger partial charge in [0.05, 0.1) is 33.4 Å². The molecule has 0 atom stereocenters. The average Bonchev–Trinajstić information content (AvgIpc) is 2.59. The van der Waals surface area contributed by atoms with Crippen LogP contribution in [0, 0.1) is 10.1 Å². The number of anilines is 1. The lowest BCUT2D eigenvalue weighted by molar-refractivity contribution is -0.385. The molecule has 0 unspecified atom stereocenters. The summed E-state index contributed by atoms with van der Waals surface area (Å²) in [6.45, 7) is -0.777. The number of likely N-dealkylation sites (N-methyl/N-ethyl adjacent to an activating group) is 1. The summed E-state index contributed by atoms with van der Waals surface area (Å²) < 4.78 is 0.903. The molecule has 0 saturated carbocycles. The topological polar surface area (TPSA) is 115 Å². The normalized spacial score (nSPS) is 10.3. The van der Waals surface area contributed by atoms with Gasteiger partial charge in [-0.15, -0.1) is 0 Å². The number of nitro groups is 1. The van der Waals surface area contributed by atoms with E-state index in [0.29, 0.717) is 0 Å². The quantitative estimate of drug-likeness (QED) is 0.576. The van der Waals surface area contributed by atoms with Crippen LogP contribution >= 0.6 is 23.2 Å². The van der Waals surface area contributed by atoms with Crippen molar-refractivity contribution in [1.29, 1.82) is 0 Å². The number of amides is 2. The molecule has 1 aromatic heterocycles. The number of nitrogens with zero attached hydrogens (tertiary/aromatic N) is 3. The highest BCUT2D eigenvalue weighted by atomic mass is 35.5. The number of para-hydroxylation sites is 1. The van der Waals surface area contributed by atoms with Crippen molar-refractivity contribution in [3.05, 3.63) is 67.0 Å². The van der Waals surface area contributed by atoms with E-state index in [4.69, 9.17) is 23.2 Å². The molecular weight excluding hydrogens is 399 g/mol. The molecule has 0 bridgehead atoms. The first-order chi connectivity index (χ1) is 12.7. The number of rotatable bonds is 6. The number of carbonyl (C=O) groups excluding carboxylic acids is 2. The number of pyridine rings is 1. The van der Waals surface area contributed by atoms with Crippen LogP contribution in [0.1, 0.15) is 0 Å². The molecule has 2 aromatic rings. The van der Waals surface area contributed by atoms with Crippen LogP contribution in [0.3, 0.4) is 0 Å². The SMILES string of the molecule is CN(CC(=O)Nc1c(Cl)cccc1Cl)C(=O)Cn1cc([N+](=O)[O-])ccc1=O. The van der Waals surface area contributed by atoms with Crippen LogP contribution in [-0.2, 0) is 16.1 Å². The standard InChI is InChI=1S/C16H14Cl2N4O5/c1-20(8-13(23)19-16-11(17)3-2-4-12(16)18)15(25)9-21-7-10(22(26)27)5-6-14(21)24/h2-7H,8-9H2,1H3,(H,19,23). The van der Waals surface area contributed by atoms with E-state index < -0.39 is 28.8 Å². The molecular formula is C16H14Cl2N4O5. The van der Waals surface area contributed by atoms with Gasteiger partial charge in [-0.25, -0.2) is 0 Å². The molecule has 0 saturated heterocycles. The third-order valence-electron chi connectivity index (χ3n) is 3.52. The molecule has 0 aliphatic rings. The van der Waals surface area contributed by atoms with Gasteiger partial charge in [-0.3, -0.25) is 29.1 Å². The second-order valence-electron chi connectivity index (χ2n) is 5.51. The lowest BCUT2D eigenvalue weighted by Gasteiger charge is -2.18. The van der Waals surface area contributed by atoms with E-state index in [1.165, 1.54) is 7.05 Å². The summed E-state index contributed by atoms with van der Waals surface area (Å²) in [5, 5.41) is 13.8. The fourth-order valence-corrected chi connectivity index (χ4v) is 2.61. The molecule has 0 aliphatic carbocycles. The zero-order valence-corrected chi connectivity index (χ0v) is 15.5. The van der Waals surface area contributed by atoms with Crippen LogP contribution in [0.5, 0.6) is 0 Å². The van der Waals surface area contributed by atoms with Gasteiger partial charge < -0.3 is 10.2 Å². The Hall–Kier alpha value is -2.91. The van der Waals surface area contributed by atoms with Crippen LogP contribution in [0.15, 0.2) is 41.3 Å². The number of halogens is 2. The summed E-state index contributed by atoms with van der Waals surface area (Å²) in [5.41, 5.74) is -0.674. The van der Waals surface area contributed by atoms with Gasteiger partial charge >= 0.3 is 0 Å². The van der Waals surface area contributed by atoms with E-state index in [2.05, 4.69) is 5.32 Å². The number of nitrogens with one attached hydrogen (secondary N) is 1. The van der Waals surface area contributed by atoms with E-state index in [1.54, 1.807) is 18.2 Å². The van der Waals surface area contributed by atoms with E-state index >= 15 is 0 Å². The van der Waals surface area contributed by atoms with Crippen molar-refractivity contribution >= 4 is 46.4 Å². The fourth-order valence-electron chi connectivity index (χ4n) is 2.12. The van der Waals surface area contributed by atoms with Gasteiger partial charge in [0.25, 0.3) is 11.2 Å². The van der Waals surface area contributed by atoms with Gasteiger partial charge in [-0.1, -0.05) is 29.3 Å². The van der Waals surface area contributed by atoms with Crippen molar-refractivity contribution in [2.75, 3.05) is 18.9 Å². The zero-order chi connectivity index (χ0) is 20.1. The second kappa shape index (κ2) is 8.65. The van der Waals surface area contributed by atoms with Gasteiger partial charge in [-0.05, 0) is 12.1 Å². The van der Waals surface area contributed by atoms with Crippen LogP contribution in [0.4, 0.5) is 11.4 Å². The van der Waals surface area contributed by atoms with Crippen LogP contribution in [0.25, 0.3) is 0 Å². The second-order valence-corrected chi connectivity index (χ2v) is 6.32. The first-order valence-corrected chi connectivity index (χ1v) is 8.27. The number of hydrogen-bond donors (Lipinski definition) is 1. The van der Waals surface area contributed by atoms with Gasteiger partial charge in [0.15, 0.2) is 0 Å². The molecule has 1 N–H and O–H groups in total. The highest BCUT2D eigenvalue weighted by Gasteiger charge is 2.17. The fraction of sp³-hybridized carbons (Fsp3) is 0.188. The molecule has 1 aromatic carbocycles. The number of hydrogen-bond acceptors (Lipinski definition) is 5. The Morgan fingerprint density at radius 3 is 2.44 bits per heavy atom. The number of carbonyl (C=O) groups is 2. The summed E-state index contributed by atoms with van der Waals surface area (Å²) >= 11 is 11.9. The molecule has 0 radical (unpaired) electrons. The van der Waals surface area contributed by atoms with E-state index in [1.807, 2.05) is 0 Å². The molecule has 0 aliphatic heterocycles. The number of benzene rings is 1. The molecule has 2 amide bonds. The van der Waals surface area contributed by atoms with Gasteiger partial charge in [-0.2, -0.15) is 0 Å². The van der Waals surface area contributed by atoms with Crippen LogP contribution in [-0.4, -0.2) is 39.8 Å². The Kier molecular flexibility index (Phi) is 6.54. The highest BCUT2D eigenvalue weighted by molar-refractivity contribution is 6.39. The Morgan fingerprint density at radius 2 is 1.85 bits per heavy atom. The Morgan fingerprint density at radius 1 is 1.22 bits per heavy atom. The third-order valence-corrected chi connectivity index (χ3v) is 4.15. The predicted molar refractivity (Wildman–Crippen MR) is 100 cm³/mol. The van der Waals surface area contributed by atoms with Gasteiger partial charge in [0, 0.05) is 19.2 Å². The molecule has 27 heavy (non-hydrogen) atoms. The first-order valence-electron chi connectivity index (χ1n) is 7.51. The maximum Gasteiger partial charge on any atom is 0.285 e. The molecule has 142 valence electrons. The van der Waals surface area contributed by atoms with E-state index in [0.717, 1.165) is 27.8 Å². The Labute approximate surface area is 163 Å². The lowest BCUT2D eigenvalue weighted by atomic mass is 10.3. The summed E-state index contributed by atoms with van der Waals surface area (Å²) in [6, 6.07) is 6.76. The Balaban J connectivity index is 2.03. The van der Waals surface area contributed by atoms with Crippen molar-refractivity contribution in [2.24, 2.45) is 0 Å². The summed E-state index contributed by atoms with van der Waals surface area (Å²) in [4.78, 5) is 47.3. The largest absolute Gasteiger partial charge is 0.335 e. The van der Waals surface area contributed by atoms with Crippen molar-refractivity contribution in [3.63, 3.8) is 0 Å². The van der Waals surface area contributed by atoms with Crippen molar-refractivity contribution in [2.45, 2.75) is 6.54 Å². The monoisotopic (exact) mass is 412 g/mol. The summed E-state index contributed by atoms with van der Waals surface area (Å²) in [7, 11) is 1.36. The smallest absolute Gasteiger partial charge is 0.285 e. The minimum absolute atomic E-state index is 0.224. The summed E-state index contributed by atoms with van der Waals surface area (Å²) in [6.07, 6.45) is 0.970. The zero-order valence-electron chi connectivity index (χ0n) is 14.0. The maximum absolute atomic E-state index is 12.2. The third kappa shape index (κ3) is 5.28. The average molecular weight is 413 g/mol. The van der Waals surface area contributed by atoms with Gasteiger partial charge in [0.2, 0.25) is 11.8 Å². The minimum atomic E-state index is -0.676. The number of aromatic nitrogens is 1. The van der Waals surface area contributed by atoms with E-state index in [9.17, 15) is 24.5 Å². The van der Waals surface area contributed by atoms with Crippen LogP contribution < -0.4 is 10.9 Å². The first kappa shape index (κ1) is 20.4. The Bertz CT molecular complexity index is 940. The van der Waals surface area contributed by atoms with Crippen molar-refractivity contribution < 1.29 is 14.5 Å². The molecule has 0 spiro atoms. The maximum atomic E-state index is 12.2. The molecule has 1 heterocycles. The lowest BCUT2D eigenvalue weighted by Crippen LogP contribution is -2.38. The summed E-state index contributed by atoms with van der Waals surface area (Å²) in [5.74, 6) is -1.13. The van der Waals surface area contributed by atoms with E-state index in [-0.39, 0.29) is 28.0 Å². The molecule has 2 rings (SSSR count). The highest BCUT2D eigenvalue weighted by Crippen LogP contribution is 2.29. The molecule has 9 nitrogen and oxygen atoms in total. The van der Waals surface area contributed by atoms with Gasteiger partial charge in [0.1, 0.15) is 6.54 Å². The van der Waals surface area contributed by atoms with Crippen molar-refractivity contribution in [3.8, 4) is 0 Å². The van der Waals surface area contributed by atoms with Crippen LogP contribution in [0.2, 0.25) is 10.0 Å². The minimum Gasteiger partial charge on any atom is -0.335 e. The predicted octanol–water partition coefficient (Wildman–Crippen LogP) is 2.16.